The molecule has 0 radical (unpaired) electrons. The lowest BCUT2D eigenvalue weighted by Gasteiger charge is -2.03. The van der Waals surface area contributed by atoms with Crippen molar-refractivity contribution in [2.75, 3.05) is 0 Å². The van der Waals surface area contributed by atoms with E-state index in [9.17, 15) is 0 Å². The molecule has 0 fully saturated rings. The molecule has 0 aromatic carbocycles. The highest BCUT2D eigenvalue weighted by Crippen LogP contribution is 2.10. The van der Waals surface area contributed by atoms with E-state index in [1.165, 1.54) is 5.57 Å². The second kappa shape index (κ2) is 5.96. The van der Waals surface area contributed by atoms with Gasteiger partial charge in [-0.25, -0.2) is 0 Å². The summed E-state index contributed by atoms with van der Waals surface area (Å²) in [6.07, 6.45) is 10.5. The van der Waals surface area contributed by atoms with Crippen LogP contribution in [0.2, 0.25) is 0 Å². The van der Waals surface area contributed by atoms with Gasteiger partial charge in [-0.3, -0.25) is 0 Å². The molecule has 0 heteroatoms. The molecule has 11 heavy (non-hydrogen) atoms. The van der Waals surface area contributed by atoms with Gasteiger partial charge in [-0.05, 0) is 25.3 Å². The largest absolute Gasteiger partial charge is 0.0877 e. The predicted molar refractivity (Wildman–Crippen MR) is 52.5 cm³/mol. The molecule has 0 heterocycles. The van der Waals surface area contributed by atoms with Gasteiger partial charge in [0.05, 0.1) is 0 Å². The summed E-state index contributed by atoms with van der Waals surface area (Å²) in [5, 5.41) is 0. The standard InChI is InChI=1S/C11H18/c1-5-7-9-11(8-6-2)10(3)4/h5-10H,1-4H3/b7-5-,8-6-,11-9+. The molecule has 0 aliphatic heterocycles. The van der Waals surface area contributed by atoms with Crippen LogP contribution in [0.4, 0.5) is 0 Å². The van der Waals surface area contributed by atoms with Crippen LogP contribution in [-0.4, -0.2) is 0 Å². The molecule has 0 bridgehead atoms. The summed E-state index contributed by atoms with van der Waals surface area (Å²) in [7, 11) is 0. The highest BCUT2D eigenvalue weighted by molar-refractivity contribution is 5.24. The summed E-state index contributed by atoms with van der Waals surface area (Å²) in [5.41, 5.74) is 1.38. The Balaban J connectivity index is 4.32. The fourth-order valence-electron chi connectivity index (χ4n) is 0.840. The van der Waals surface area contributed by atoms with Gasteiger partial charge in [0, 0.05) is 0 Å². The summed E-state index contributed by atoms with van der Waals surface area (Å²) in [4.78, 5) is 0. The average molecular weight is 150 g/mol. The fourth-order valence-corrected chi connectivity index (χ4v) is 0.840. The Hall–Kier alpha value is -0.780. The second-order valence-corrected chi connectivity index (χ2v) is 2.85. The van der Waals surface area contributed by atoms with Gasteiger partial charge in [0.15, 0.2) is 0 Å². The molecule has 62 valence electrons. The topological polar surface area (TPSA) is 0 Å². The first-order valence-corrected chi connectivity index (χ1v) is 4.18. The molecular weight excluding hydrogens is 132 g/mol. The van der Waals surface area contributed by atoms with Crippen molar-refractivity contribution < 1.29 is 0 Å². The van der Waals surface area contributed by atoms with Gasteiger partial charge in [-0.1, -0.05) is 44.2 Å². The van der Waals surface area contributed by atoms with Gasteiger partial charge in [0.25, 0.3) is 0 Å². The Kier molecular flexibility index (Phi) is 5.54. The number of hydrogen-bond donors (Lipinski definition) is 0. The molecule has 0 saturated carbocycles. The van der Waals surface area contributed by atoms with E-state index in [0.29, 0.717) is 5.92 Å². The molecular formula is C11H18. The van der Waals surface area contributed by atoms with Gasteiger partial charge in [0.2, 0.25) is 0 Å². The molecule has 0 aliphatic carbocycles. The zero-order chi connectivity index (χ0) is 8.69. The number of rotatable bonds is 3. The van der Waals surface area contributed by atoms with Crippen LogP contribution in [0.5, 0.6) is 0 Å². The maximum Gasteiger partial charge on any atom is -0.0219 e. The summed E-state index contributed by atoms with van der Waals surface area (Å²) >= 11 is 0. The highest BCUT2D eigenvalue weighted by atomic mass is 14.0. The molecule has 0 unspecified atom stereocenters. The van der Waals surface area contributed by atoms with Crippen LogP contribution in [0, 0.1) is 5.92 Å². The minimum absolute atomic E-state index is 0.613. The van der Waals surface area contributed by atoms with Crippen molar-refractivity contribution in [1.29, 1.82) is 0 Å². The molecule has 0 rings (SSSR count). The summed E-state index contributed by atoms with van der Waals surface area (Å²) in [5.74, 6) is 0.613. The molecule has 0 saturated heterocycles. The second-order valence-electron chi connectivity index (χ2n) is 2.85. The fraction of sp³-hybridized carbons (Fsp3) is 0.455. The van der Waals surface area contributed by atoms with E-state index in [-0.39, 0.29) is 0 Å². The maximum absolute atomic E-state index is 2.20. The van der Waals surface area contributed by atoms with E-state index in [2.05, 4.69) is 38.2 Å². The lowest BCUT2D eigenvalue weighted by atomic mass is 10.0. The Morgan fingerprint density at radius 3 is 2.09 bits per heavy atom. The number of hydrogen-bond acceptors (Lipinski definition) is 0. The Morgan fingerprint density at radius 2 is 1.73 bits per heavy atom. The smallest absolute Gasteiger partial charge is 0.0219 e. The molecule has 0 aliphatic rings. The van der Waals surface area contributed by atoms with Gasteiger partial charge in [-0.15, -0.1) is 0 Å². The van der Waals surface area contributed by atoms with E-state index in [0.717, 1.165) is 0 Å². The molecule has 0 amide bonds. The van der Waals surface area contributed by atoms with Crippen molar-refractivity contribution in [1.82, 2.24) is 0 Å². The zero-order valence-electron chi connectivity index (χ0n) is 7.96. The van der Waals surface area contributed by atoms with Crippen molar-refractivity contribution in [3.8, 4) is 0 Å². The van der Waals surface area contributed by atoms with Crippen LogP contribution in [0.25, 0.3) is 0 Å². The summed E-state index contributed by atoms with van der Waals surface area (Å²) in [6.45, 7) is 8.49. The third-order valence-electron chi connectivity index (χ3n) is 1.51. The quantitative estimate of drug-likeness (QED) is 0.538. The van der Waals surface area contributed by atoms with Crippen LogP contribution in [0.3, 0.4) is 0 Å². The first-order chi connectivity index (χ1) is 5.22. The number of allylic oxidation sites excluding steroid dienone is 6. The van der Waals surface area contributed by atoms with Crippen LogP contribution >= 0.6 is 0 Å². The monoisotopic (exact) mass is 150 g/mol. The molecule has 0 nitrogen and oxygen atoms in total. The Labute approximate surface area is 70.3 Å². The van der Waals surface area contributed by atoms with Crippen LogP contribution in [-0.2, 0) is 0 Å². The molecule has 0 spiro atoms. The highest BCUT2D eigenvalue weighted by Gasteiger charge is 1.95. The lowest BCUT2D eigenvalue weighted by Crippen LogP contribution is -1.88. The summed E-state index contributed by atoms with van der Waals surface area (Å²) < 4.78 is 0. The SMILES string of the molecule is C\C=C/C=C(\C=C/C)C(C)C. The van der Waals surface area contributed by atoms with Gasteiger partial charge in [-0.2, -0.15) is 0 Å². The van der Waals surface area contributed by atoms with Crippen LogP contribution in [0.1, 0.15) is 27.7 Å². The third kappa shape index (κ3) is 4.60. The van der Waals surface area contributed by atoms with E-state index in [1.54, 1.807) is 0 Å². The van der Waals surface area contributed by atoms with Crippen molar-refractivity contribution >= 4 is 0 Å². The van der Waals surface area contributed by atoms with Crippen molar-refractivity contribution in [2.24, 2.45) is 5.92 Å². The summed E-state index contributed by atoms with van der Waals surface area (Å²) in [6, 6.07) is 0. The minimum atomic E-state index is 0.613. The van der Waals surface area contributed by atoms with Gasteiger partial charge in [0.1, 0.15) is 0 Å². The van der Waals surface area contributed by atoms with E-state index in [4.69, 9.17) is 0 Å². The zero-order valence-corrected chi connectivity index (χ0v) is 7.96. The maximum atomic E-state index is 2.20. The van der Waals surface area contributed by atoms with Crippen molar-refractivity contribution in [3.05, 3.63) is 36.0 Å². The van der Waals surface area contributed by atoms with E-state index >= 15 is 0 Å². The average Bonchev–Trinajstić information content (AvgIpc) is 1.97. The lowest BCUT2D eigenvalue weighted by molar-refractivity contribution is 0.791. The third-order valence-corrected chi connectivity index (χ3v) is 1.51. The first-order valence-electron chi connectivity index (χ1n) is 4.18. The van der Waals surface area contributed by atoms with Crippen molar-refractivity contribution in [3.63, 3.8) is 0 Å². The van der Waals surface area contributed by atoms with Crippen LogP contribution < -0.4 is 0 Å². The normalized spacial score (nSPS) is 14.1. The molecule has 0 aromatic rings. The minimum Gasteiger partial charge on any atom is -0.0877 e. The van der Waals surface area contributed by atoms with Crippen molar-refractivity contribution in [2.45, 2.75) is 27.7 Å². The predicted octanol–water partition coefficient (Wildman–Crippen LogP) is 3.72. The van der Waals surface area contributed by atoms with Crippen LogP contribution in [0.15, 0.2) is 36.0 Å². The first kappa shape index (κ1) is 10.2. The Bertz CT molecular complexity index is 168. The van der Waals surface area contributed by atoms with Gasteiger partial charge < -0.3 is 0 Å². The molecule has 0 atom stereocenters. The van der Waals surface area contributed by atoms with Gasteiger partial charge >= 0.3 is 0 Å². The van der Waals surface area contributed by atoms with E-state index < -0.39 is 0 Å². The molecule has 0 N–H and O–H groups in total. The Morgan fingerprint density at radius 1 is 1.09 bits per heavy atom. The van der Waals surface area contributed by atoms with E-state index in [1.807, 2.05) is 19.9 Å². The molecule has 0 aromatic heterocycles.